The molecule has 0 aliphatic rings. The summed E-state index contributed by atoms with van der Waals surface area (Å²) in [4.78, 5) is 23.4. The third-order valence-corrected chi connectivity index (χ3v) is 3.18. The molecule has 112 valence electrons. The molecule has 2 N–H and O–H groups in total. The molecular weight excluding hydrogens is 302 g/mol. The Morgan fingerprint density at radius 1 is 1.05 bits per heavy atom. The summed E-state index contributed by atoms with van der Waals surface area (Å²) in [6, 6.07) is 15.5. The smallest absolute Gasteiger partial charge is 0.292 e. The Morgan fingerprint density at radius 2 is 1.68 bits per heavy atom. The molecule has 0 saturated heterocycles. The first-order chi connectivity index (χ1) is 10.6. The van der Waals surface area contributed by atoms with Crippen LogP contribution in [0, 0.1) is 0 Å². The third kappa shape index (κ3) is 4.46. The molecule has 0 aromatic heterocycles. The number of ketones is 1. The van der Waals surface area contributed by atoms with Crippen LogP contribution < -0.4 is 5.32 Å². The number of amides is 1. The number of hydrogen-bond acceptors (Lipinski definition) is 3. The van der Waals surface area contributed by atoms with Gasteiger partial charge in [-0.1, -0.05) is 41.9 Å². The second kappa shape index (κ2) is 7.43. The standard InChI is InChI=1S/C17H14ClNO3/c18-14-8-6-13(7-9-14)15(20)10-16(21)17(22)19-11-12-4-2-1-3-5-12/h1-10,20H,11H2,(H,19,22)/b15-10+. The predicted molar refractivity (Wildman–Crippen MR) is 85.4 cm³/mol. The second-order valence-corrected chi connectivity index (χ2v) is 5.01. The summed E-state index contributed by atoms with van der Waals surface area (Å²) >= 11 is 5.74. The van der Waals surface area contributed by atoms with Crippen LogP contribution in [-0.4, -0.2) is 16.8 Å². The van der Waals surface area contributed by atoms with Gasteiger partial charge in [0.25, 0.3) is 5.91 Å². The van der Waals surface area contributed by atoms with Crippen LogP contribution in [-0.2, 0) is 16.1 Å². The van der Waals surface area contributed by atoms with Gasteiger partial charge in [-0.3, -0.25) is 9.59 Å². The molecule has 2 rings (SSSR count). The summed E-state index contributed by atoms with van der Waals surface area (Å²) in [5.41, 5.74) is 1.29. The second-order valence-electron chi connectivity index (χ2n) is 4.57. The Labute approximate surface area is 133 Å². The van der Waals surface area contributed by atoms with Crippen molar-refractivity contribution in [2.24, 2.45) is 0 Å². The van der Waals surface area contributed by atoms with E-state index in [0.29, 0.717) is 10.6 Å². The predicted octanol–water partition coefficient (Wildman–Crippen LogP) is 3.12. The molecule has 0 aliphatic heterocycles. The number of halogens is 1. The first kappa shape index (κ1) is 15.8. The van der Waals surface area contributed by atoms with Crippen LogP contribution in [0.1, 0.15) is 11.1 Å². The van der Waals surface area contributed by atoms with Gasteiger partial charge >= 0.3 is 0 Å². The molecule has 0 radical (unpaired) electrons. The van der Waals surface area contributed by atoms with Gasteiger partial charge < -0.3 is 10.4 Å². The molecule has 0 heterocycles. The van der Waals surface area contributed by atoms with Crippen LogP contribution in [0.2, 0.25) is 5.02 Å². The summed E-state index contributed by atoms with van der Waals surface area (Å²) in [5.74, 6) is -1.87. The highest BCUT2D eigenvalue weighted by molar-refractivity contribution is 6.41. The minimum absolute atomic E-state index is 0.251. The van der Waals surface area contributed by atoms with Crippen molar-refractivity contribution in [2.45, 2.75) is 6.54 Å². The Balaban J connectivity index is 1.97. The fourth-order valence-electron chi connectivity index (χ4n) is 1.76. The van der Waals surface area contributed by atoms with Gasteiger partial charge in [0.15, 0.2) is 0 Å². The van der Waals surface area contributed by atoms with Crippen molar-refractivity contribution in [1.82, 2.24) is 5.32 Å². The monoisotopic (exact) mass is 315 g/mol. The molecule has 0 bridgehead atoms. The Hall–Kier alpha value is -2.59. The average molecular weight is 316 g/mol. The van der Waals surface area contributed by atoms with Gasteiger partial charge in [0, 0.05) is 23.2 Å². The number of rotatable bonds is 5. The summed E-state index contributed by atoms with van der Waals surface area (Å²) in [6.07, 6.45) is 0.892. The van der Waals surface area contributed by atoms with Crippen LogP contribution >= 0.6 is 11.6 Å². The number of carbonyl (C=O) groups is 2. The summed E-state index contributed by atoms with van der Waals surface area (Å²) in [6.45, 7) is 0.251. The zero-order chi connectivity index (χ0) is 15.9. The fourth-order valence-corrected chi connectivity index (χ4v) is 1.89. The Bertz CT molecular complexity index is 694. The number of carbonyl (C=O) groups excluding carboxylic acids is 2. The average Bonchev–Trinajstić information content (AvgIpc) is 2.54. The quantitative estimate of drug-likeness (QED) is 0.506. The van der Waals surface area contributed by atoms with Crippen molar-refractivity contribution in [3.05, 3.63) is 76.8 Å². The van der Waals surface area contributed by atoms with Crippen molar-refractivity contribution in [3.8, 4) is 0 Å². The molecule has 0 aliphatic carbocycles. The van der Waals surface area contributed by atoms with Crippen LogP contribution in [0.25, 0.3) is 5.76 Å². The normalized spacial score (nSPS) is 11.0. The Morgan fingerprint density at radius 3 is 2.32 bits per heavy atom. The summed E-state index contributed by atoms with van der Waals surface area (Å²) in [7, 11) is 0. The van der Waals surface area contributed by atoms with E-state index >= 15 is 0 Å². The molecule has 2 aromatic carbocycles. The molecule has 0 atom stereocenters. The van der Waals surface area contributed by atoms with Crippen LogP contribution in [0.5, 0.6) is 0 Å². The lowest BCUT2D eigenvalue weighted by atomic mass is 10.1. The number of benzene rings is 2. The van der Waals surface area contributed by atoms with Crippen molar-refractivity contribution in [2.75, 3.05) is 0 Å². The van der Waals surface area contributed by atoms with E-state index in [1.807, 2.05) is 30.3 Å². The lowest BCUT2D eigenvalue weighted by molar-refractivity contribution is -0.135. The van der Waals surface area contributed by atoms with E-state index in [2.05, 4.69) is 5.32 Å². The lowest BCUT2D eigenvalue weighted by Gasteiger charge is -2.03. The maximum Gasteiger partial charge on any atom is 0.292 e. The number of hydrogen-bond donors (Lipinski definition) is 2. The first-order valence-corrected chi connectivity index (χ1v) is 6.97. The molecule has 22 heavy (non-hydrogen) atoms. The van der Waals surface area contributed by atoms with Crippen LogP contribution in [0.3, 0.4) is 0 Å². The highest BCUT2D eigenvalue weighted by atomic mass is 35.5. The zero-order valence-corrected chi connectivity index (χ0v) is 12.4. The highest BCUT2D eigenvalue weighted by Gasteiger charge is 2.12. The number of aliphatic hydroxyl groups excluding tert-OH is 1. The van der Waals surface area contributed by atoms with E-state index in [1.165, 1.54) is 0 Å². The van der Waals surface area contributed by atoms with E-state index in [1.54, 1.807) is 24.3 Å². The van der Waals surface area contributed by atoms with Gasteiger partial charge in [0.1, 0.15) is 5.76 Å². The van der Waals surface area contributed by atoms with Crippen molar-refractivity contribution >= 4 is 29.1 Å². The minimum atomic E-state index is -0.816. The Kier molecular flexibility index (Phi) is 5.33. The molecule has 2 aromatic rings. The summed E-state index contributed by atoms with van der Waals surface area (Å²) < 4.78 is 0. The zero-order valence-electron chi connectivity index (χ0n) is 11.6. The van der Waals surface area contributed by atoms with Gasteiger partial charge in [-0.25, -0.2) is 0 Å². The van der Waals surface area contributed by atoms with Gasteiger partial charge in [0.2, 0.25) is 5.78 Å². The maximum atomic E-state index is 11.7. The largest absolute Gasteiger partial charge is 0.507 e. The van der Waals surface area contributed by atoms with E-state index in [0.717, 1.165) is 11.6 Å². The number of nitrogens with one attached hydrogen (secondary N) is 1. The van der Waals surface area contributed by atoms with E-state index in [4.69, 9.17) is 11.6 Å². The molecule has 4 nitrogen and oxygen atoms in total. The topological polar surface area (TPSA) is 66.4 Å². The maximum absolute atomic E-state index is 11.7. The molecule has 0 unspecified atom stereocenters. The molecule has 5 heteroatoms. The van der Waals surface area contributed by atoms with E-state index < -0.39 is 11.7 Å². The van der Waals surface area contributed by atoms with Crippen molar-refractivity contribution in [3.63, 3.8) is 0 Å². The van der Waals surface area contributed by atoms with E-state index in [-0.39, 0.29) is 12.3 Å². The van der Waals surface area contributed by atoms with Gasteiger partial charge in [-0.2, -0.15) is 0 Å². The SMILES string of the molecule is O=C(/C=C(/O)c1ccc(Cl)cc1)C(=O)NCc1ccccc1. The third-order valence-electron chi connectivity index (χ3n) is 2.93. The molecule has 1 amide bonds. The molecule has 0 spiro atoms. The first-order valence-electron chi connectivity index (χ1n) is 6.59. The number of aliphatic hydroxyl groups is 1. The van der Waals surface area contributed by atoms with E-state index in [9.17, 15) is 14.7 Å². The van der Waals surface area contributed by atoms with Gasteiger partial charge in [-0.05, 0) is 29.8 Å². The van der Waals surface area contributed by atoms with Gasteiger partial charge in [-0.15, -0.1) is 0 Å². The molecule has 0 saturated carbocycles. The fraction of sp³-hybridized carbons (Fsp3) is 0.0588. The van der Waals surface area contributed by atoms with Crippen molar-refractivity contribution in [1.29, 1.82) is 0 Å². The van der Waals surface area contributed by atoms with Gasteiger partial charge in [0.05, 0.1) is 0 Å². The summed E-state index contributed by atoms with van der Waals surface area (Å²) in [5, 5.41) is 12.8. The van der Waals surface area contributed by atoms with Crippen LogP contribution in [0.15, 0.2) is 60.7 Å². The van der Waals surface area contributed by atoms with Crippen LogP contribution in [0.4, 0.5) is 0 Å². The lowest BCUT2D eigenvalue weighted by Crippen LogP contribution is -2.29. The highest BCUT2D eigenvalue weighted by Crippen LogP contribution is 2.15. The van der Waals surface area contributed by atoms with Crippen molar-refractivity contribution < 1.29 is 14.7 Å². The molecular formula is C17H14ClNO3. The minimum Gasteiger partial charge on any atom is -0.507 e. The molecule has 0 fully saturated rings.